The molecule has 0 heterocycles. The maximum atomic E-state index is 10.9. The van der Waals surface area contributed by atoms with Crippen molar-refractivity contribution < 1.29 is 4.92 Å². The third-order valence-electron chi connectivity index (χ3n) is 3.27. The fourth-order valence-electron chi connectivity index (χ4n) is 2.19. The van der Waals surface area contributed by atoms with E-state index in [1.807, 2.05) is 42.5 Å². The number of rotatable bonds is 4. The summed E-state index contributed by atoms with van der Waals surface area (Å²) in [4.78, 5) is 10.5. The number of nitrogens with one attached hydrogen (secondary N) is 1. The van der Waals surface area contributed by atoms with Gasteiger partial charge in [-0.05, 0) is 28.5 Å². The van der Waals surface area contributed by atoms with Crippen molar-refractivity contribution >= 4 is 28.4 Å². The number of anilines is 1. The van der Waals surface area contributed by atoms with Crippen LogP contribution in [0.25, 0.3) is 10.8 Å². The Morgan fingerprint density at radius 3 is 2.50 bits per heavy atom. The molecule has 108 valence electrons. The van der Waals surface area contributed by atoms with Crippen LogP contribution in [0.4, 0.5) is 11.4 Å². The summed E-state index contributed by atoms with van der Waals surface area (Å²) in [6, 6.07) is 20.4. The van der Waals surface area contributed by atoms with Gasteiger partial charge in [-0.15, -0.1) is 0 Å². The summed E-state index contributed by atoms with van der Waals surface area (Å²) in [6.07, 6.45) is 1.64. The van der Waals surface area contributed by atoms with Gasteiger partial charge >= 0.3 is 0 Å². The maximum absolute atomic E-state index is 10.9. The molecule has 5 nitrogen and oxygen atoms in total. The van der Waals surface area contributed by atoms with E-state index in [2.05, 4.69) is 10.5 Å². The number of nitro benzene ring substituents is 1. The van der Waals surface area contributed by atoms with Gasteiger partial charge in [0, 0.05) is 6.07 Å². The predicted molar refractivity (Wildman–Crippen MR) is 88.3 cm³/mol. The molecule has 3 rings (SSSR count). The Balaban J connectivity index is 1.80. The van der Waals surface area contributed by atoms with E-state index in [0.717, 1.165) is 16.3 Å². The molecule has 5 heteroatoms. The quantitative estimate of drug-likeness (QED) is 0.445. The molecule has 0 saturated heterocycles. The third-order valence-corrected chi connectivity index (χ3v) is 3.27. The first-order chi connectivity index (χ1) is 10.7. The highest BCUT2D eigenvalue weighted by Crippen LogP contribution is 2.23. The van der Waals surface area contributed by atoms with E-state index < -0.39 is 4.92 Å². The van der Waals surface area contributed by atoms with Gasteiger partial charge in [0.25, 0.3) is 5.69 Å². The van der Waals surface area contributed by atoms with Crippen LogP contribution >= 0.6 is 0 Å². The molecule has 0 aliphatic heterocycles. The first kappa shape index (κ1) is 13.8. The molecule has 22 heavy (non-hydrogen) atoms. The van der Waals surface area contributed by atoms with E-state index in [0.29, 0.717) is 5.69 Å². The van der Waals surface area contributed by atoms with Crippen LogP contribution in [-0.4, -0.2) is 11.1 Å². The first-order valence-electron chi connectivity index (χ1n) is 6.75. The number of nitro groups is 1. The fraction of sp³-hybridized carbons (Fsp3) is 0. The number of hydrogen-bond donors (Lipinski definition) is 1. The molecular formula is C17H13N3O2. The summed E-state index contributed by atoms with van der Waals surface area (Å²) in [5.74, 6) is 0. The zero-order valence-corrected chi connectivity index (χ0v) is 11.6. The van der Waals surface area contributed by atoms with Crippen molar-refractivity contribution in [3.05, 3.63) is 82.4 Å². The van der Waals surface area contributed by atoms with E-state index in [9.17, 15) is 10.1 Å². The molecule has 1 N–H and O–H groups in total. The summed E-state index contributed by atoms with van der Waals surface area (Å²) in [6.45, 7) is 0. The van der Waals surface area contributed by atoms with Crippen LogP contribution in [0.1, 0.15) is 5.56 Å². The van der Waals surface area contributed by atoms with Crippen molar-refractivity contribution in [3.63, 3.8) is 0 Å². The van der Waals surface area contributed by atoms with Crippen LogP contribution in [0.15, 0.2) is 71.8 Å². The minimum absolute atomic E-state index is 0.00170. The lowest BCUT2D eigenvalue weighted by atomic mass is 10.1. The zero-order valence-electron chi connectivity index (χ0n) is 11.6. The molecule has 0 radical (unpaired) electrons. The Morgan fingerprint density at radius 2 is 1.68 bits per heavy atom. The number of hydrazone groups is 1. The van der Waals surface area contributed by atoms with Crippen molar-refractivity contribution in [1.29, 1.82) is 0 Å². The van der Waals surface area contributed by atoms with E-state index in [1.54, 1.807) is 24.4 Å². The van der Waals surface area contributed by atoms with E-state index in [1.165, 1.54) is 6.07 Å². The average molecular weight is 291 g/mol. The standard InChI is InChI=1S/C17H13N3O2/c21-20(22)17-8-4-3-7-16(17)19-18-12-13-9-10-14-5-1-2-6-15(14)11-13/h1-12,19H/b18-12+. The molecule has 0 atom stereocenters. The third kappa shape index (κ3) is 2.93. The number of fused-ring (bicyclic) bond motifs is 1. The summed E-state index contributed by atoms with van der Waals surface area (Å²) in [5, 5.41) is 17.3. The topological polar surface area (TPSA) is 67.5 Å². The number of para-hydroxylation sites is 2. The second-order valence-corrected chi connectivity index (χ2v) is 4.75. The van der Waals surface area contributed by atoms with Crippen LogP contribution in [-0.2, 0) is 0 Å². The van der Waals surface area contributed by atoms with Gasteiger partial charge in [-0.1, -0.05) is 48.5 Å². The van der Waals surface area contributed by atoms with Crippen molar-refractivity contribution in [2.75, 3.05) is 5.43 Å². The molecule has 0 unspecified atom stereocenters. The molecule has 0 fully saturated rings. The van der Waals surface area contributed by atoms with E-state index >= 15 is 0 Å². The molecule has 0 saturated carbocycles. The smallest absolute Gasteiger partial charge is 0.272 e. The van der Waals surface area contributed by atoms with Gasteiger partial charge < -0.3 is 0 Å². The van der Waals surface area contributed by atoms with Gasteiger partial charge in [0.05, 0.1) is 11.1 Å². The van der Waals surface area contributed by atoms with Crippen LogP contribution in [0.5, 0.6) is 0 Å². The number of hydrogen-bond acceptors (Lipinski definition) is 4. The maximum Gasteiger partial charge on any atom is 0.294 e. The Labute approximate surface area is 127 Å². The van der Waals surface area contributed by atoms with Crippen molar-refractivity contribution in [2.45, 2.75) is 0 Å². The summed E-state index contributed by atoms with van der Waals surface area (Å²) >= 11 is 0. The Morgan fingerprint density at radius 1 is 0.955 bits per heavy atom. The first-order valence-corrected chi connectivity index (χ1v) is 6.75. The second-order valence-electron chi connectivity index (χ2n) is 4.75. The van der Waals surface area contributed by atoms with Crippen LogP contribution in [0.2, 0.25) is 0 Å². The highest BCUT2D eigenvalue weighted by Gasteiger charge is 2.10. The highest BCUT2D eigenvalue weighted by atomic mass is 16.6. The fourth-order valence-corrected chi connectivity index (χ4v) is 2.19. The van der Waals surface area contributed by atoms with Crippen LogP contribution in [0.3, 0.4) is 0 Å². The Hall–Kier alpha value is -3.21. The molecule has 0 amide bonds. The summed E-state index contributed by atoms with van der Waals surface area (Å²) < 4.78 is 0. The molecule has 0 aromatic heterocycles. The van der Waals surface area contributed by atoms with Crippen molar-refractivity contribution in [2.24, 2.45) is 5.10 Å². The number of nitrogens with zero attached hydrogens (tertiary/aromatic N) is 2. The van der Waals surface area contributed by atoms with Crippen molar-refractivity contribution in [1.82, 2.24) is 0 Å². The number of benzene rings is 3. The minimum atomic E-state index is -0.437. The van der Waals surface area contributed by atoms with Crippen LogP contribution in [0, 0.1) is 10.1 Å². The molecule has 3 aromatic carbocycles. The normalized spacial score (nSPS) is 10.9. The van der Waals surface area contributed by atoms with Gasteiger partial charge in [0.1, 0.15) is 5.69 Å². The average Bonchev–Trinajstić information content (AvgIpc) is 2.55. The van der Waals surface area contributed by atoms with Gasteiger partial charge in [-0.2, -0.15) is 5.10 Å². The lowest BCUT2D eigenvalue weighted by Gasteiger charge is -2.02. The monoisotopic (exact) mass is 291 g/mol. The molecular weight excluding hydrogens is 278 g/mol. The second kappa shape index (κ2) is 6.05. The summed E-state index contributed by atoms with van der Waals surface area (Å²) in [7, 11) is 0. The molecule has 0 aliphatic carbocycles. The lowest BCUT2D eigenvalue weighted by molar-refractivity contribution is -0.384. The van der Waals surface area contributed by atoms with Crippen LogP contribution < -0.4 is 5.43 Å². The van der Waals surface area contributed by atoms with Crippen molar-refractivity contribution in [3.8, 4) is 0 Å². The van der Waals surface area contributed by atoms with Gasteiger partial charge in [-0.3, -0.25) is 15.5 Å². The minimum Gasteiger partial charge on any atom is -0.272 e. The summed E-state index contributed by atoms with van der Waals surface area (Å²) in [5.41, 5.74) is 4.00. The van der Waals surface area contributed by atoms with E-state index in [4.69, 9.17) is 0 Å². The molecule has 0 spiro atoms. The molecule has 3 aromatic rings. The zero-order chi connectivity index (χ0) is 15.4. The Bertz CT molecular complexity index is 859. The van der Waals surface area contributed by atoms with E-state index in [-0.39, 0.29) is 5.69 Å². The predicted octanol–water partition coefficient (Wildman–Crippen LogP) is 4.19. The van der Waals surface area contributed by atoms with Gasteiger partial charge in [0.15, 0.2) is 0 Å². The van der Waals surface area contributed by atoms with Gasteiger partial charge in [0.2, 0.25) is 0 Å². The lowest BCUT2D eigenvalue weighted by Crippen LogP contribution is -1.96. The molecule has 0 aliphatic rings. The molecule has 0 bridgehead atoms. The van der Waals surface area contributed by atoms with Gasteiger partial charge in [-0.25, -0.2) is 0 Å². The SMILES string of the molecule is O=[N+]([O-])c1ccccc1N/N=C/c1ccc2ccccc2c1. The highest BCUT2D eigenvalue weighted by molar-refractivity contribution is 5.90. The Kier molecular flexibility index (Phi) is 3.78. The largest absolute Gasteiger partial charge is 0.294 e.